The topological polar surface area (TPSA) is 22.1 Å². The van der Waals surface area contributed by atoms with Crippen LogP contribution < -0.4 is 0 Å². The molecule has 0 amide bonds. The minimum absolute atomic E-state index is 0.582. The van der Waals surface area contributed by atoms with Crippen molar-refractivity contribution in [2.45, 2.75) is 18.8 Å². The van der Waals surface area contributed by atoms with E-state index in [0.717, 1.165) is 31.6 Å². The number of hydrogen-bond acceptors (Lipinski definition) is 2. The molecule has 0 bridgehead atoms. The Kier molecular flexibility index (Phi) is 2.58. The van der Waals surface area contributed by atoms with E-state index in [9.17, 15) is 0 Å². The number of rotatable bonds is 1. The van der Waals surface area contributed by atoms with E-state index in [1.807, 2.05) is 6.07 Å². The Morgan fingerprint density at radius 3 is 2.69 bits per heavy atom. The van der Waals surface area contributed by atoms with Crippen molar-refractivity contribution >= 4 is 10.9 Å². The molecule has 0 saturated carbocycles. The summed E-state index contributed by atoms with van der Waals surface area (Å²) >= 11 is 0. The van der Waals surface area contributed by atoms with Crippen molar-refractivity contribution in [3.05, 3.63) is 42.1 Å². The van der Waals surface area contributed by atoms with Gasteiger partial charge >= 0.3 is 0 Å². The highest BCUT2D eigenvalue weighted by Gasteiger charge is 2.16. The molecule has 1 fully saturated rings. The van der Waals surface area contributed by atoms with Crippen molar-refractivity contribution in [3.8, 4) is 0 Å². The number of hydrogen-bond donors (Lipinski definition) is 0. The Bertz CT molecular complexity index is 489. The summed E-state index contributed by atoms with van der Waals surface area (Å²) < 4.78 is 5.38. The van der Waals surface area contributed by atoms with E-state index in [-0.39, 0.29) is 0 Å². The fraction of sp³-hybridized carbons (Fsp3) is 0.357. The minimum atomic E-state index is 0.582. The molecular formula is C14H15NO. The standard InChI is InChI=1S/C14H15NO/c1-2-4-13-11(3-1)5-6-14(15-13)12-7-9-16-10-8-12/h1-6,12H,7-10H2. The van der Waals surface area contributed by atoms with Crippen molar-refractivity contribution in [2.75, 3.05) is 13.2 Å². The molecule has 0 unspecified atom stereocenters. The number of aromatic nitrogens is 1. The number of nitrogens with zero attached hydrogens (tertiary/aromatic N) is 1. The lowest BCUT2D eigenvalue weighted by atomic mass is 9.95. The average Bonchev–Trinajstić information content (AvgIpc) is 2.39. The number of ether oxygens (including phenoxy) is 1. The Hall–Kier alpha value is -1.41. The van der Waals surface area contributed by atoms with Gasteiger partial charge in [0.1, 0.15) is 0 Å². The SMILES string of the molecule is c1ccc2nc(C3CCOCC3)ccc2c1. The summed E-state index contributed by atoms with van der Waals surface area (Å²) in [5.41, 5.74) is 2.33. The number of benzene rings is 1. The zero-order valence-electron chi connectivity index (χ0n) is 9.23. The van der Waals surface area contributed by atoms with Gasteiger partial charge in [-0.2, -0.15) is 0 Å². The van der Waals surface area contributed by atoms with Gasteiger partial charge in [-0.05, 0) is 25.0 Å². The van der Waals surface area contributed by atoms with Gasteiger partial charge in [-0.15, -0.1) is 0 Å². The van der Waals surface area contributed by atoms with Crippen LogP contribution in [0, 0.1) is 0 Å². The Labute approximate surface area is 95.3 Å². The van der Waals surface area contributed by atoms with Gasteiger partial charge in [0.2, 0.25) is 0 Å². The molecule has 0 aliphatic carbocycles. The highest BCUT2D eigenvalue weighted by molar-refractivity contribution is 5.78. The summed E-state index contributed by atoms with van der Waals surface area (Å²) in [7, 11) is 0. The fourth-order valence-corrected chi connectivity index (χ4v) is 2.30. The summed E-state index contributed by atoms with van der Waals surface area (Å²) in [6.07, 6.45) is 2.21. The third-order valence-corrected chi connectivity index (χ3v) is 3.26. The molecule has 1 aromatic carbocycles. The van der Waals surface area contributed by atoms with Crippen molar-refractivity contribution in [1.82, 2.24) is 4.98 Å². The monoisotopic (exact) mass is 213 g/mol. The molecule has 1 aliphatic rings. The fourth-order valence-electron chi connectivity index (χ4n) is 2.30. The molecule has 0 N–H and O–H groups in total. The van der Waals surface area contributed by atoms with Gasteiger partial charge in [0.05, 0.1) is 5.52 Å². The molecule has 1 saturated heterocycles. The van der Waals surface area contributed by atoms with Crippen LogP contribution in [0.4, 0.5) is 0 Å². The first-order valence-electron chi connectivity index (χ1n) is 5.87. The predicted molar refractivity (Wildman–Crippen MR) is 64.5 cm³/mol. The molecule has 3 rings (SSSR count). The highest BCUT2D eigenvalue weighted by atomic mass is 16.5. The number of fused-ring (bicyclic) bond motifs is 1. The van der Waals surface area contributed by atoms with Gasteiger partial charge in [-0.3, -0.25) is 4.98 Å². The third-order valence-electron chi connectivity index (χ3n) is 3.26. The first kappa shape index (κ1) is 9.79. The van der Waals surface area contributed by atoms with Crippen LogP contribution in [0.25, 0.3) is 10.9 Å². The third kappa shape index (κ3) is 1.81. The molecule has 0 radical (unpaired) electrons. The molecule has 2 nitrogen and oxygen atoms in total. The minimum Gasteiger partial charge on any atom is -0.381 e. The lowest BCUT2D eigenvalue weighted by molar-refractivity contribution is 0.0846. The van der Waals surface area contributed by atoms with E-state index in [1.165, 1.54) is 11.1 Å². The van der Waals surface area contributed by atoms with Crippen LogP contribution >= 0.6 is 0 Å². The van der Waals surface area contributed by atoms with Crippen LogP contribution in [-0.4, -0.2) is 18.2 Å². The normalized spacial score (nSPS) is 17.8. The molecule has 2 heteroatoms. The smallest absolute Gasteiger partial charge is 0.0705 e. The quantitative estimate of drug-likeness (QED) is 0.726. The second-order valence-electron chi connectivity index (χ2n) is 4.32. The predicted octanol–water partition coefficient (Wildman–Crippen LogP) is 3.13. The highest BCUT2D eigenvalue weighted by Crippen LogP contribution is 2.26. The largest absolute Gasteiger partial charge is 0.381 e. The summed E-state index contributed by atoms with van der Waals surface area (Å²) in [5.74, 6) is 0.582. The van der Waals surface area contributed by atoms with E-state index in [4.69, 9.17) is 9.72 Å². The molecular weight excluding hydrogens is 198 g/mol. The molecule has 0 spiro atoms. The maximum absolute atomic E-state index is 5.38. The molecule has 0 atom stereocenters. The van der Waals surface area contributed by atoms with Gasteiger partial charge in [-0.25, -0.2) is 0 Å². The van der Waals surface area contributed by atoms with E-state index in [2.05, 4.69) is 30.3 Å². The molecule has 1 aromatic heterocycles. The van der Waals surface area contributed by atoms with Crippen molar-refractivity contribution in [1.29, 1.82) is 0 Å². The van der Waals surface area contributed by atoms with Crippen LogP contribution in [-0.2, 0) is 4.74 Å². The number of pyridine rings is 1. The molecule has 2 heterocycles. The van der Waals surface area contributed by atoms with Crippen molar-refractivity contribution < 1.29 is 4.74 Å². The van der Waals surface area contributed by atoms with Gasteiger partial charge < -0.3 is 4.74 Å². The van der Waals surface area contributed by atoms with Crippen LogP contribution in [0.3, 0.4) is 0 Å². The lowest BCUT2D eigenvalue weighted by Gasteiger charge is -2.21. The maximum atomic E-state index is 5.38. The van der Waals surface area contributed by atoms with Gasteiger partial charge in [0, 0.05) is 30.2 Å². The molecule has 1 aliphatic heterocycles. The van der Waals surface area contributed by atoms with Crippen LogP contribution in [0.1, 0.15) is 24.5 Å². The molecule has 2 aromatic rings. The van der Waals surface area contributed by atoms with E-state index in [1.54, 1.807) is 0 Å². The summed E-state index contributed by atoms with van der Waals surface area (Å²) in [5, 5.41) is 1.22. The van der Waals surface area contributed by atoms with Crippen LogP contribution in [0.2, 0.25) is 0 Å². The zero-order chi connectivity index (χ0) is 10.8. The van der Waals surface area contributed by atoms with Gasteiger partial charge in [0.15, 0.2) is 0 Å². The van der Waals surface area contributed by atoms with Crippen LogP contribution in [0.15, 0.2) is 36.4 Å². The lowest BCUT2D eigenvalue weighted by Crippen LogP contribution is -2.15. The summed E-state index contributed by atoms with van der Waals surface area (Å²) in [6.45, 7) is 1.75. The van der Waals surface area contributed by atoms with E-state index < -0.39 is 0 Å². The zero-order valence-corrected chi connectivity index (χ0v) is 9.23. The maximum Gasteiger partial charge on any atom is 0.0705 e. The van der Waals surface area contributed by atoms with Crippen molar-refractivity contribution in [3.63, 3.8) is 0 Å². The Balaban J connectivity index is 1.97. The Morgan fingerprint density at radius 2 is 1.81 bits per heavy atom. The van der Waals surface area contributed by atoms with Gasteiger partial charge in [0.25, 0.3) is 0 Å². The number of para-hydroxylation sites is 1. The van der Waals surface area contributed by atoms with E-state index >= 15 is 0 Å². The van der Waals surface area contributed by atoms with Crippen LogP contribution in [0.5, 0.6) is 0 Å². The first-order valence-corrected chi connectivity index (χ1v) is 5.87. The van der Waals surface area contributed by atoms with E-state index in [0.29, 0.717) is 5.92 Å². The second-order valence-corrected chi connectivity index (χ2v) is 4.32. The average molecular weight is 213 g/mol. The molecule has 16 heavy (non-hydrogen) atoms. The first-order chi connectivity index (χ1) is 7.93. The van der Waals surface area contributed by atoms with Crippen molar-refractivity contribution in [2.24, 2.45) is 0 Å². The van der Waals surface area contributed by atoms with Gasteiger partial charge in [-0.1, -0.05) is 24.3 Å². The Morgan fingerprint density at radius 1 is 1.00 bits per heavy atom. The summed E-state index contributed by atoms with van der Waals surface area (Å²) in [6, 6.07) is 12.6. The summed E-state index contributed by atoms with van der Waals surface area (Å²) in [4.78, 5) is 4.74. The second kappa shape index (κ2) is 4.22. The molecule has 82 valence electrons.